The van der Waals surface area contributed by atoms with Crippen LogP contribution in [0.5, 0.6) is 5.75 Å². The van der Waals surface area contributed by atoms with Gasteiger partial charge in [0, 0.05) is 19.2 Å². The van der Waals surface area contributed by atoms with Gasteiger partial charge in [0.1, 0.15) is 15.6 Å². The summed E-state index contributed by atoms with van der Waals surface area (Å²) in [5.41, 5.74) is 0.738. The second kappa shape index (κ2) is 6.98. The fourth-order valence-corrected chi connectivity index (χ4v) is 4.48. The quantitative estimate of drug-likeness (QED) is 0.779. The van der Waals surface area contributed by atoms with Crippen LogP contribution >= 0.6 is 0 Å². The Kier molecular flexibility index (Phi) is 5.38. The summed E-state index contributed by atoms with van der Waals surface area (Å²) in [5.74, 6) is -0.292. The van der Waals surface area contributed by atoms with Crippen LogP contribution in [-0.2, 0) is 24.7 Å². The van der Waals surface area contributed by atoms with Gasteiger partial charge in [0.15, 0.2) is 0 Å². The molecular weight excluding hydrogens is 356 g/mol. The van der Waals surface area contributed by atoms with E-state index in [0.29, 0.717) is 30.1 Å². The maximum Gasteiger partial charge on any atom is 0.235 e. The summed E-state index contributed by atoms with van der Waals surface area (Å²) in [7, 11) is -5.15. The minimum atomic E-state index is -3.33. The molecule has 0 saturated carbocycles. The Labute approximate surface area is 141 Å². The maximum atomic E-state index is 12.0. The zero-order valence-corrected chi connectivity index (χ0v) is 15.1. The summed E-state index contributed by atoms with van der Waals surface area (Å²) in [6, 6.07) is 4.68. The number of carbonyl (C=O) groups excluding carboxylic acids is 1. The molecule has 134 valence electrons. The highest BCUT2D eigenvalue weighted by molar-refractivity contribution is 7.93. The third-order valence-electron chi connectivity index (χ3n) is 3.54. The molecule has 1 heterocycles. The largest absolute Gasteiger partial charge is 0.495 e. The lowest BCUT2D eigenvalue weighted by Crippen LogP contribution is -2.25. The van der Waals surface area contributed by atoms with Gasteiger partial charge in [-0.1, -0.05) is 0 Å². The number of nitrogens with one attached hydrogen (secondary N) is 1. The number of amides is 1. The summed E-state index contributed by atoms with van der Waals surface area (Å²) in [6.07, 6.45) is 1.42. The molecule has 0 unspecified atom stereocenters. The van der Waals surface area contributed by atoms with Gasteiger partial charge in [-0.25, -0.2) is 16.8 Å². The van der Waals surface area contributed by atoms with Crippen LogP contribution in [0.25, 0.3) is 0 Å². The standard InChI is InChI=1S/C14H20N2O6S2/c1-22-13-5-4-11(16-7-3-8-24(16,20)21)10-12(13)15-14(17)6-9-23(2,18)19/h4-5,10H,3,6-9H2,1-2H3,(H,15,17). The molecule has 2 rings (SSSR count). The van der Waals surface area contributed by atoms with Crippen LogP contribution in [0.3, 0.4) is 0 Å². The molecule has 1 N–H and O–H groups in total. The van der Waals surface area contributed by atoms with Crippen molar-refractivity contribution in [2.45, 2.75) is 12.8 Å². The van der Waals surface area contributed by atoms with E-state index in [9.17, 15) is 21.6 Å². The molecule has 1 aliphatic rings. The van der Waals surface area contributed by atoms with Gasteiger partial charge in [0.2, 0.25) is 15.9 Å². The lowest BCUT2D eigenvalue weighted by molar-refractivity contribution is -0.115. The van der Waals surface area contributed by atoms with Crippen molar-refractivity contribution in [2.75, 3.05) is 41.0 Å². The van der Waals surface area contributed by atoms with Gasteiger partial charge in [0.05, 0.1) is 30.0 Å². The fraction of sp³-hybridized carbons (Fsp3) is 0.500. The third-order valence-corrected chi connectivity index (χ3v) is 6.36. The van der Waals surface area contributed by atoms with Crippen LogP contribution < -0.4 is 14.4 Å². The van der Waals surface area contributed by atoms with Gasteiger partial charge in [-0.3, -0.25) is 9.10 Å². The lowest BCUT2D eigenvalue weighted by Gasteiger charge is -2.19. The number of hydrogen-bond acceptors (Lipinski definition) is 6. The summed E-state index contributed by atoms with van der Waals surface area (Å²) in [6.45, 7) is 0.385. The Morgan fingerprint density at radius 1 is 1.38 bits per heavy atom. The number of ether oxygens (including phenoxy) is 1. The Morgan fingerprint density at radius 3 is 2.62 bits per heavy atom. The smallest absolute Gasteiger partial charge is 0.235 e. The zero-order valence-electron chi connectivity index (χ0n) is 13.5. The van der Waals surface area contributed by atoms with Crippen molar-refractivity contribution >= 4 is 37.1 Å². The van der Waals surface area contributed by atoms with Crippen molar-refractivity contribution in [3.63, 3.8) is 0 Å². The number of methoxy groups -OCH3 is 1. The van der Waals surface area contributed by atoms with Crippen LogP contribution in [0.4, 0.5) is 11.4 Å². The number of anilines is 2. The predicted octanol–water partition coefficient (Wildman–Crippen LogP) is 0.608. The molecule has 0 atom stereocenters. The number of nitrogens with zero attached hydrogens (tertiary/aromatic N) is 1. The van der Waals surface area contributed by atoms with E-state index >= 15 is 0 Å². The molecule has 10 heteroatoms. The molecule has 0 aliphatic carbocycles. The molecule has 1 aromatic rings. The topological polar surface area (TPSA) is 110 Å². The number of hydrogen-bond donors (Lipinski definition) is 1. The molecule has 1 aliphatic heterocycles. The molecule has 0 radical (unpaired) electrons. The molecule has 8 nitrogen and oxygen atoms in total. The molecule has 24 heavy (non-hydrogen) atoms. The monoisotopic (exact) mass is 376 g/mol. The van der Waals surface area contributed by atoms with Gasteiger partial charge >= 0.3 is 0 Å². The van der Waals surface area contributed by atoms with Crippen molar-refractivity contribution in [1.82, 2.24) is 0 Å². The Hall–Kier alpha value is -1.81. The molecule has 1 amide bonds. The fourth-order valence-electron chi connectivity index (χ4n) is 2.37. The van der Waals surface area contributed by atoms with E-state index in [4.69, 9.17) is 4.74 Å². The Bertz CT molecular complexity index is 833. The number of carbonyl (C=O) groups is 1. The zero-order chi connectivity index (χ0) is 18.0. The first kappa shape index (κ1) is 18.5. The number of sulfone groups is 1. The Morgan fingerprint density at radius 2 is 2.08 bits per heavy atom. The first-order valence-electron chi connectivity index (χ1n) is 7.28. The van der Waals surface area contributed by atoms with Crippen molar-refractivity contribution in [3.05, 3.63) is 18.2 Å². The normalized spacial score (nSPS) is 16.8. The Balaban J connectivity index is 2.22. The molecule has 0 bridgehead atoms. The van der Waals surface area contributed by atoms with Crippen molar-refractivity contribution in [1.29, 1.82) is 0 Å². The van der Waals surface area contributed by atoms with Gasteiger partial charge in [-0.05, 0) is 24.6 Å². The van der Waals surface area contributed by atoms with Gasteiger partial charge in [0.25, 0.3) is 0 Å². The first-order chi connectivity index (χ1) is 11.1. The van der Waals surface area contributed by atoms with E-state index in [0.717, 1.165) is 6.26 Å². The van der Waals surface area contributed by atoms with E-state index in [1.807, 2.05) is 0 Å². The third kappa shape index (κ3) is 4.60. The van der Waals surface area contributed by atoms with Crippen LogP contribution in [0.15, 0.2) is 18.2 Å². The molecule has 0 aromatic heterocycles. The summed E-state index contributed by atoms with van der Waals surface area (Å²) in [5, 5.41) is 2.58. The summed E-state index contributed by atoms with van der Waals surface area (Å²) in [4.78, 5) is 11.9. The van der Waals surface area contributed by atoms with E-state index in [2.05, 4.69) is 5.32 Å². The minimum absolute atomic E-state index is 0.0923. The molecule has 1 saturated heterocycles. The van der Waals surface area contributed by atoms with Crippen LogP contribution in [0.1, 0.15) is 12.8 Å². The van der Waals surface area contributed by atoms with Crippen LogP contribution in [0.2, 0.25) is 0 Å². The summed E-state index contributed by atoms with van der Waals surface area (Å²) >= 11 is 0. The predicted molar refractivity (Wildman–Crippen MR) is 91.7 cm³/mol. The minimum Gasteiger partial charge on any atom is -0.495 e. The maximum absolute atomic E-state index is 12.0. The van der Waals surface area contributed by atoms with Gasteiger partial charge in [-0.2, -0.15) is 0 Å². The number of rotatable bonds is 6. The van der Waals surface area contributed by atoms with E-state index in [-0.39, 0.29) is 17.9 Å². The lowest BCUT2D eigenvalue weighted by atomic mass is 10.2. The van der Waals surface area contributed by atoms with Crippen LogP contribution in [0, 0.1) is 0 Å². The molecular formula is C14H20N2O6S2. The van der Waals surface area contributed by atoms with Crippen molar-refractivity contribution < 1.29 is 26.4 Å². The van der Waals surface area contributed by atoms with Gasteiger partial charge in [-0.15, -0.1) is 0 Å². The van der Waals surface area contributed by atoms with E-state index < -0.39 is 25.8 Å². The molecule has 1 fully saturated rings. The van der Waals surface area contributed by atoms with E-state index in [1.54, 1.807) is 12.1 Å². The average molecular weight is 376 g/mol. The SMILES string of the molecule is COc1ccc(N2CCCS2(=O)=O)cc1NC(=O)CCS(C)(=O)=O. The average Bonchev–Trinajstić information content (AvgIpc) is 2.84. The second-order valence-corrected chi connectivity index (χ2v) is 9.83. The van der Waals surface area contributed by atoms with Crippen molar-refractivity contribution in [2.24, 2.45) is 0 Å². The second-order valence-electron chi connectivity index (χ2n) is 5.55. The van der Waals surface area contributed by atoms with E-state index in [1.165, 1.54) is 17.5 Å². The van der Waals surface area contributed by atoms with Crippen LogP contribution in [-0.4, -0.2) is 54.2 Å². The number of benzene rings is 1. The highest BCUT2D eigenvalue weighted by atomic mass is 32.2. The first-order valence-corrected chi connectivity index (χ1v) is 11.0. The molecule has 0 spiro atoms. The van der Waals surface area contributed by atoms with Crippen molar-refractivity contribution in [3.8, 4) is 5.75 Å². The summed E-state index contributed by atoms with van der Waals surface area (Å²) < 4.78 is 52.7. The highest BCUT2D eigenvalue weighted by Gasteiger charge is 2.29. The van der Waals surface area contributed by atoms with Gasteiger partial charge < -0.3 is 10.1 Å². The number of sulfonamides is 1. The molecule has 1 aromatic carbocycles. The highest BCUT2D eigenvalue weighted by Crippen LogP contribution is 2.32.